The Bertz CT molecular complexity index is 924. The van der Waals surface area contributed by atoms with Crippen molar-refractivity contribution >= 4 is 16.9 Å². The predicted octanol–water partition coefficient (Wildman–Crippen LogP) is 3.59. The van der Waals surface area contributed by atoms with Gasteiger partial charge in [-0.05, 0) is 36.8 Å². The Kier molecular flexibility index (Phi) is 3.39. The molecule has 1 heterocycles. The summed E-state index contributed by atoms with van der Waals surface area (Å²) in [7, 11) is 0. The van der Waals surface area contributed by atoms with E-state index in [1.54, 1.807) is 36.4 Å². The predicted molar refractivity (Wildman–Crippen MR) is 80.7 cm³/mol. The number of aryl methyl sites for hydroxylation is 1. The van der Waals surface area contributed by atoms with E-state index in [1.165, 1.54) is 12.1 Å². The van der Waals surface area contributed by atoms with E-state index in [1.807, 2.05) is 6.92 Å². The molecule has 22 heavy (non-hydrogen) atoms. The molecule has 0 saturated carbocycles. The van der Waals surface area contributed by atoms with Crippen LogP contribution >= 0.6 is 0 Å². The molecule has 0 fully saturated rings. The number of fused-ring (bicyclic) bond motifs is 1. The average Bonchev–Trinajstić information content (AvgIpc) is 2.47. The molecule has 2 aromatic carbocycles. The van der Waals surface area contributed by atoms with Crippen molar-refractivity contribution in [2.24, 2.45) is 0 Å². The molecule has 0 aliphatic carbocycles. The summed E-state index contributed by atoms with van der Waals surface area (Å²) >= 11 is 0. The Labute approximate surface area is 125 Å². The first-order chi connectivity index (χ1) is 10.5. The lowest BCUT2D eigenvalue weighted by Gasteiger charge is -2.09. The van der Waals surface area contributed by atoms with Gasteiger partial charge in [0.1, 0.15) is 22.6 Å². The van der Waals surface area contributed by atoms with Gasteiger partial charge in [0.05, 0.1) is 0 Å². The van der Waals surface area contributed by atoms with Gasteiger partial charge in [-0.3, -0.25) is 0 Å². The standard InChI is InChI=1S/C17H12O5/c1-10-8-16(18)22-15-9-11(6-7-12(10)15)21-14-5-3-2-4-13(14)17(19)20/h2-9H,1H3,(H,19,20). The molecule has 0 radical (unpaired) electrons. The second kappa shape index (κ2) is 5.37. The summed E-state index contributed by atoms with van der Waals surface area (Å²) in [5, 5.41) is 9.95. The largest absolute Gasteiger partial charge is 0.478 e. The third kappa shape index (κ3) is 2.56. The molecule has 0 spiro atoms. The van der Waals surface area contributed by atoms with Crippen LogP contribution in [-0.4, -0.2) is 11.1 Å². The van der Waals surface area contributed by atoms with Crippen molar-refractivity contribution in [3.63, 3.8) is 0 Å². The monoisotopic (exact) mass is 296 g/mol. The highest BCUT2D eigenvalue weighted by Gasteiger charge is 2.12. The fraction of sp³-hybridized carbons (Fsp3) is 0.0588. The lowest BCUT2D eigenvalue weighted by atomic mass is 10.1. The minimum Gasteiger partial charge on any atom is -0.478 e. The average molecular weight is 296 g/mol. The first kappa shape index (κ1) is 13.9. The van der Waals surface area contributed by atoms with Gasteiger partial charge in [-0.25, -0.2) is 9.59 Å². The number of rotatable bonds is 3. The molecule has 0 unspecified atom stereocenters. The minimum absolute atomic E-state index is 0.0632. The summed E-state index contributed by atoms with van der Waals surface area (Å²) in [5.41, 5.74) is 0.834. The van der Waals surface area contributed by atoms with E-state index in [2.05, 4.69) is 0 Å². The number of carboxylic acid groups (broad SMARTS) is 1. The van der Waals surface area contributed by atoms with Crippen molar-refractivity contribution in [1.29, 1.82) is 0 Å². The van der Waals surface area contributed by atoms with Gasteiger partial charge in [0.25, 0.3) is 0 Å². The molecule has 3 aromatic rings. The molecule has 0 saturated heterocycles. The van der Waals surface area contributed by atoms with Gasteiger partial charge >= 0.3 is 11.6 Å². The van der Waals surface area contributed by atoms with E-state index in [0.29, 0.717) is 11.3 Å². The number of carbonyl (C=O) groups is 1. The summed E-state index contributed by atoms with van der Waals surface area (Å²) in [6, 6.07) is 12.8. The van der Waals surface area contributed by atoms with Crippen LogP contribution in [0.1, 0.15) is 15.9 Å². The van der Waals surface area contributed by atoms with Crippen molar-refractivity contribution in [2.75, 3.05) is 0 Å². The topological polar surface area (TPSA) is 76.7 Å². The normalized spacial score (nSPS) is 10.6. The van der Waals surface area contributed by atoms with E-state index >= 15 is 0 Å². The van der Waals surface area contributed by atoms with Crippen molar-refractivity contribution in [1.82, 2.24) is 0 Å². The number of hydrogen-bond acceptors (Lipinski definition) is 4. The van der Waals surface area contributed by atoms with Crippen molar-refractivity contribution in [2.45, 2.75) is 6.92 Å². The van der Waals surface area contributed by atoms with Crippen LogP contribution in [0.25, 0.3) is 11.0 Å². The summed E-state index contributed by atoms with van der Waals surface area (Å²) < 4.78 is 10.8. The zero-order valence-corrected chi connectivity index (χ0v) is 11.7. The first-order valence-corrected chi connectivity index (χ1v) is 6.59. The van der Waals surface area contributed by atoms with E-state index in [-0.39, 0.29) is 11.3 Å². The van der Waals surface area contributed by atoms with Crippen molar-refractivity contribution < 1.29 is 19.1 Å². The zero-order chi connectivity index (χ0) is 15.7. The number of para-hydroxylation sites is 1. The molecule has 110 valence electrons. The molecular weight excluding hydrogens is 284 g/mol. The number of benzene rings is 2. The molecule has 5 heteroatoms. The number of ether oxygens (including phenoxy) is 1. The van der Waals surface area contributed by atoms with E-state index < -0.39 is 11.6 Å². The minimum atomic E-state index is -1.07. The smallest absolute Gasteiger partial charge is 0.339 e. The Balaban J connectivity index is 2.05. The maximum Gasteiger partial charge on any atom is 0.339 e. The van der Waals surface area contributed by atoms with Crippen LogP contribution in [0.2, 0.25) is 0 Å². The Hall–Kier alpha value is -3.08. The molecule has 0 amide bonds. The van der Waals surface area contributed by atoms with Crippen LogP contribution in [0.3, 0.4) is 0 Å². The van der Waals surface area contributed by atoms with E-state index in [4.69, 9.17) is 14.3 Å². The zero-order valence-electron chi connectivity index (χ0n) is 11.7. The van der Waals surface area contributed by atoms with Gasteiger partial charge in [0.15, 0.2) is 0 Å². The maximum absolute atomic E-state index is 11.4. The number of hydrogen-bond donors (Lipinski definition) is 1. The molecule has 0 atom stereocenters. The van der Waals surface area contributed by atoms with Crippen LogP contribution in [0, 0.1) is 6.92 Å². The van der Waals surface area contributed by atoms with E-state index in [9.17, 15) is 9.59 Å². The van der Waals surface area contributed by atoms with Crippen LogP contribution in [0.5, 0.6) is 11.5 Å². The van der Waals surface area contributed by atoms with Gasteiger partial charge in [0, 0.05) is 17.5 Å². The molecule has 0 aliphatic rings. The van der Waals surface area contributed by atoms with Gasteiger partial charge in [-0.15, -0.1) is 0 Å². The van der Waals surface area contributed by atoms with Crippen LogP contribution < -0.4 is 10.4 Å². The molecule has 5 nitrogen and oxygen atoms in total. The molecule has 1 N–H and O–H groups in total. The van der Waals surface area contributed by atoms with Crippen molar-refractivity contribution in [3.8, 4) is 11.5 Å². The lowest BCUT2D eigenvalue weighted by molar-refractivity contribution is 0.0694. The molecule has 0 aliphatic heterocycles. The molecule has 3 rings (SSSR count). The van der Waals surface area contributed by atoms with Crippen LogP contribution in [-0.2, 0) is 0 Å². The third-order valence-electron chi connectivity index (χ3n) is 3.27. The second-order valence-electron chi connectivity index (χ2n) is 4.81. The third-order valence-corrected chi connectivity index (χ3v) is 3.27. The second-order valence-corrected chi connectivity index (χ2v) is 4.81. The summed E-state index contributed by atoms with van der Waals surface area (Å²) in [6.07, 6.45) is 0. The van der Waals surface area contributed by atoms with Gasteiger partial charge in [0.2, 0.25) is 0 Å². The summed E-state index contributed by atoms with van der Waals surface area (Å²) in [4.78, 5) is 22.6. The number of aromatic carboxylic acids is 1. The Morgan fingerprint density at radius 1 is 1.14 bits per heavy atom. The highest BCUT2D eigenvalue weighted by molar-refractivity contribution is 5.91. The van der Waals surface area contributed by atoms with Gasteiger partial charge < -0.3 is 14.3 Å². The van der Waals surface area contributed by atoms with Crippen LogP contribution in [0.4, 0.5) is 0 Å². The SMILES string of the molecule is Cc1cc(=O)oc2cc(Oc3ccccc3C(=O)O)ccc12. The lowest BCUT2D eigenvalue weighted by Crippen LogP contribution is -2.00. The number of carboxylic acids is 1. The molecule has 0 bridgehead atoms. The first-order valence-electron chi connectivity index (χ1n) is 6.59. The fourth-order valence-corrected chi connectivity index (χ4v) is 2.23. The Morgan fingerprint density at radius 2 is 1.91 bits per heavy atom. The molecule has 1 aromatic heterocycles. The van der Waals surface area contributed by atoms with Gasteiger partial charge in [-0.1, -0.05) is 12.1 Å². The summed E-state index contributed by atoms with van der Waals surface area (Å²) in [6.45, 7) is 1.82. The van der Waals surface area contributed by atoms with Crippen LogP contribution in [0.15, 0.2) is 57.7 Å². The Morgan fingerprint density at radius 3 is 2.68 bits per heavy atom. The highest BCUT2D eigenvalue weighted by atomic mass is 16.5. The summed E-state index contributed by atoms with van der Waals surface area (Å²) in [5.74, 6) is -0.446. The fourth-order valence-electron chi connectivity index (χ4n) is 2.23. The molecular formula is C17H12O5. The van der Waals surface area contributed by atoms with Gasteiger partial charge in [-0.2, -0.15) is 0 Å². The maximum atomic E-state index is 11.4. The van der Waals surface area contributed by atoms with Crippen molar-refractivity contribution in [3.05, 3.63) is 70.1 Å². The highest BCUT2D eigenvalue weighted by Crippen LogP contribution is 2.28. The quantitative estimate of drug-likeness (QED) is 0.747. The van der Waals surface area contributed by atoms with E-state index in [0.717, 1.165) is 10.9 Å².